The predicted molar refractivity (Wildman–Crippen MR) is 142 cm³/mol. The summed E-state index contributed by atoms with van der Waals surface area (Å²) in [5.74, 6) is -0.438. The SMILES string of the molecule is COc1cc(C2C3CN(C(=O)OCc4ccccc4)CC=C3C(C#N)=C(N)C2(C#N)C#N)ccc1OC(C)C. The van der Waals surface area contributed by atoms with Gasteiger partial charge in [0.15, 0.2) is 16.9 Å². The minimum atomic E-state index is -1.85. The maximum atomic E-state index is 13.1. The van der Waals surface area contributed by atoms with E-state index in [9.17, 15) is 20.6 Å². The van der Waals surface area contributed by atoms with Crippen molar-refractivity contribution in [1.29, 1.82) is 15.8 Å². The highest BCUT2D eigenvalue weighted by atomic mass is 16.6. The number of nitriles is 3. The van der Waals surface area contributed by atoms with Crippen LogP contribution in [-0.2, 0) is 11.3 Å². The Morgan fingerprint density at radius 2 is 1.85 bits per heavy atom. The van der Waals surface area contributed by atoms with E-state index in [-0.39, 0.29) is 37.1 Å². The number of nitrogens with two attached hydrogens (primary N) is 1. The Hall–Kier alpha value is -4.94. The highest BCUT2D eigenvalue weighted by molar-refractivity contribution is 5.69. The molecule has 0 aromatic heterocycles. The number of amides is 1. The first-order valence-corrected chi connectivity index (χ1v) is 12.5. The van der Waals surface area contributed by atoms with Crippen LogP contribution in [-0.4, -0.2) is 37.3 Å². The molecule has 1 aliphatic heterocycles. The molecular formula is C30H29N5O4. The molecule has 2 aromatic carbocycles. The average molecular weight is 524 g/mol. The smallest absolute Gasteiger partial charge is 0.410 e. The number of carbonyl (C=O) groups excluding carboxylic acids is 1. The van der Waals surface area contributed by atoms with E-state index < -0.39 is 23.3 Å². The molecule has 39 heavy (non-hydrogen) atoms. The van der Waals surface area contributed by atoms with Gasteiger partial charge in [-0.15, -0.1) is 0 Å². The molecule has 2 atom stereocenters. The quantitative estimate of drug-likeness (QED) is 0.581. The van der Waals surface area contributed by atoms with Crippen molar-refractivity contribution in [2.75, 3.05) is 20.2 Å². The molecule has 0 saturated heterocycles. The van der Waals surface area contributed by atoms with E-state index in [1.54, 1.807) is 24.3 Å². The second-order valence-electron chi connectivity index (χ2n) is 9.70. The lowest BCUT2D eigenvalue weighted by Crippen LogP contribution is -2.49. The fourth-order valence-electron chi connectivity index (χ4n) is 5.24. The first kappa shape index (κ1) is 27.1. The Balaban J connectivity index is 1.77. The number of methoxy groups -OCH3 is 1. The number of allylic oxidation sites excluding steroid dienone is 2. The average Bonchev–Trinajstić information content (AvgIpc) is 2.95. The van der Waals surface area contributed by atoms with E-state index in [4.69, 9.17) is 19.9 Å². The van der Waals surface area contributed by atoms with Crippen molar-refractivity contribution in [3.8, 4) is 29.7 Å². The van der Waals surface area contributed by atoms with Gasteiger partial charge in [0.1, 0.15) is 12.7 Å². The Kier molecular flexibility index (Phi) is 7.79. The third-order valence-electron chi connectivity index (χ3n) is 7.04. The summed E-state index contributed by atoms with van der Waals surface area (Å²) in [6, 6.07) is 20.9. The fourth-order valence-corrected chi connectivity index (χ4v) is 5.24. The molecule has 9 nitrogen and oxygen atoms in total. The summed E-state index contributed by atoms with van der Waals surface area (Å²) >= 11 is 0. The van der Waals surface area contributed by atoms with E-state index in [2.05, 4.69) is 18.2 Å². The van der Waals surface area contributed by atoms with Gasteiger partial charge in [0.2, 0.25) is 0 Å². The van der Waals surface area contributed by atoms with E-state index >= 15 is 0 Å². The summed E-state index contributed by atoms with van der Waals surface area (Å²) in [7, 11) is 1.51. The number of benzene rings is 2. The Bertz CT molecular complexity index is 1430. The Labute approximate surface area is 227 Å². The van der Waals surface area contributed by atoms with Crippen molar-refractivity contribution >= 4 is 6.09 Å². The van der Waals surface area contributed by atoms with E-state index in [1.807, 2.05) is 44.2 Å². The molecule has 0 spiro atoms. The highest BCUT2D eigenvalue weighted by Gasteiger charge is 2.55. The minimum absolute atomic E-state index is 0.0934. The molecule has 0 bridgehead atoms. The number of carbonyl (C=O) groups is 1. The fraction of sp³-hybridized carbons (Fsp3) is 0.333. The zero-order valence-electron chi connectivity index (χ0n) is 22.0. The van der Waals surface area contributed by atoms with Gasteiger partial charge in [-0.1, -0.05) is 42.5 Å². The van der Waals surface area contributed by atoms with Gasteiger partial charge in [-0.3, -0.25) is 0 Å². The number of rotatable bonds is 6. The van der Waals surface area contributed by atoms with Gasteiger partial charge in [0.05, 0.1) is 36.6 Å². The molecule has 198 valence electrons. The zero-order chi connectivity index (χ0) is 28.2. The first-order valence-electron chi connectivity index (χ1n) is 12.5. The van der Waals surface area contributed by atoms with E-state index in [1.165, 1.54) is 12.0 Å². The molecule has 1 heterocycles. The first-order chi connectivity index (χ1) is 18.8. The molecule has 0 radical (unpaired) electrons. The van der Waals surface area contributed by atoms with Gasteiger partial charge in [-0.05, 0) is 42.7 Å². The molecule has 1 aliphatic carbocycles. The number of ether oxygens (including phenoxy) is 3. The molecule has 1 amide bonds. The normalized spacial score (nSPS) is 19.6. The van der Waals surface area contributed by atoms with Gasteiger partial charge in [0, 0.05) is 24.9 Å². The number of nitrogens with zero attached hydrogens (tertiary/aromatic N) is 4. The standard InChI is InChI=1S/C30H29N5O4/c1-19(2)39-25-10-9-21(13-26(25)37-3)27-24-15-35(29(36)38-16-20-7-5-4-6-8-20)12-11-22(24)23(14-31)28(34)30(27,17-32)18-33/h4-11,13,19,24,27H,12,15-16,34H2,1-3H3. The maximum Gasteiger partial charge on any atom is 0.410 e. The summed E-state index contributed by atoms with van der Waals surface area (Å²) in [6.07, 6.45) is 1.12. The molecule has 2 unspecified atom stereocenters. The molecule has 0 fully saturated rings. The molecule has 4 rings (SSSR count). The van der Waals surface area contributed by atoms with Gasteiger partial charge in [0.25, 0.3) is 0 Å². The number of hydrogen-bond acceptors (Lipinski definition) is 8. The van der Waals surface area contributed by atoms with Crippen LogP contribution < -0.4 is 15.2 Å². The second kappa shape index (κ2) is 11.2. The molecule has 9 heteroatoms. The summed E-state index contributed by atoms with van der Waals surface area (Å²) in [5, 5.41) is 30.7. The van der Waals surface area contributed by atoms with Crippen LogP contribution in [0.3, 0.4) is 0 Å². The van der Waals surface area contributed by atoms with Crippen LogP contribution in [0.2, 0.25) is 0 Å². The lowest BCUT2D eigenvalue weighted by Gasteiger charge is -2.45. The summed E-state index contributed by atoms with van der Waals surface area (Å²) in [6.45, 7) is 4.21. The van der Waals surface area contributed by atoms with Crippen LogP contribution in [0.25, 0.3) is 0 Å². The second-order valence-corrected chi connectivity index (χ2v) is 9.70. The minimum Gasteiger partial charge on any atom is -0.493 e. The molecular weight excluding hydrogens is 494 g/mol. The Morgan fingerprint density at radius 3 is 2.46 bits per heavy atom. The van der Waals surface area contributed by atoms with E-state index in [0.29, 0.717) is 22.6 Å². The molecule has 2 N–H and O–H groups in total. The monoisotopic (exact) mass is 523 g/mol. The summed E-state index contributed by atoms with van der Waals surface area (Å²) < 4.78 is 17.0. The van der Waals surface area contributed by atoms with Crippen LogP contribution in [0.1, 0.15) is 30.9 Å². The molecule has 2 aromatic rings. The van der Waals surface area contributed by atoms with Crippen molar-refractivity contribution in [2.45, 2.75) is 32.5 Å². The van der Waals surface area contributed by atoms with Crippen LogP contribution in [0.5, 0.6) is 11.5 Å². The maximum absolute atomic E-state index is 13.1. The van der Waals surface area contributed by atoms with Crippen molar-refractivity contribution < 1.29 is 19.0 Å². The summed E-state index contributed by atoms with van der Waals surface area (Å²) in [4.78, 5) is 14.6. The Morgan fingerprint density at radius 1 is 1.13 bits per heavy atom. The van der Waals surface area contributed by atoms with Gasteiger partial charge < -0.3 is 24.8 Å². The van der Waals surface area contributed by atoms with Crippen molar-refractivity contribution in [1.82, 2.24) is 4.90 Å². The van der Waals surface area contributed by atoms with Gasteiger partial charge >= 0.3 is 6.09 Å². The van der Waals surface area contributed by atoms with Crippen LogP contribution >= 0.6 is 0 Å². The third-order valence-corrected chi connectivity index (χ3v) is 7.04. The van der Waals surface area contributed by atoms with Crippen molar-refractivity contribution in [3.05, 3.63) is 82.6 Å². The van der Waals surface area contributed by atoms with Crippen LogP contribution in [0.4, 0.5) is 4.79 Å². The molecule has 0 saturated carbocycles. The lowest BCUT2D eigenvalue weighted by molar-refractivity contribution is 0.0898. The molecule has 2 aliphatic rings. The largest absolute Gasteiger partial charge is 0.493 e. The lowest BCUT2D eigenvalue weighted by atomic mass is 9.58. The highest BCUT2D eigenvalue weighted by Crippen LogP contribution is 2.55. The number of hydrogen-bond donors (Lipinski definition) is 1. The van der Waals surface area contributed by atoms with E-state index in [0.717, 1.165) is 5.56 Å². The number of fused-ring (bicyclic) bond motifs is 1. The predicted octanol–water partition coefficient (Wildman–Crippen LogP) is 4.54. The topological polar surface area (TPSA) is 145 Å². The van der Waals surface area contributed by atoms with Crippen LogP contribution in [0.15, 0.2) is 71.5 Å². The zero-order valence-corrected chi connectivity index (χ0v) is 22.0. The van der Waals surface area contributed by atoms with Crippen molar-refractivity contribution in [2.24, 2.45) is 17.1 Å². The summed E-state index contributed by atoms with van der Waals surface area (Å²) in [5.41, 5.74) is 6.62. The van der Waals surface area contributed by atoms with Gasteiger partial charge in [-0.25, -0.2) is 4.79 Å². The van der Waals surface area contributed by atoms with Crippen LogP contribution in [0, 0.1) is 45.3 Å². The third kappa shape index (κ3) is 4.98. The van der Waals surface area contributed by atoms with Gasteiger partial charge in [-0.2, -0.15) is 15.8 Å². The van der Waals surface area contributed by atoms with Crippen molar-refractivity contribution in [3.63, 3.8) is 0 Å².